The molecule has 0 spiro atoms. The zero-order chi connectivity index (χ0) is 16.5. The molecule has 1 aromatic carbocycles. The normalized spacial score (nSPS) is 10.7. The smallest absolute Gasteiger partial charge is 0.337 e. The van der Waals surface area contributed by atoms with Gasteiger partial charge in [0.25, 0.3) is 0 Å². The third-order valence-electron chi connectivity index (χ3n) is 2.59. The summed E-state index contributed by atoms with van der Waals surface area (Å²) in [5.74, 6) is -1.63. The third-order valence-corrected chi connectivity index (χ3v) is 2.59. The minimum absolute atomic E-state index is 0.137. The Morgan fingerprint density at radius 3 is 1.95 bits per heavy atom. The second-order valence-electron chi connectivity index (χ2n) is 4.16. The van der Waals surface area contributed by atoms with Crippen LogP contribution in [0.25, 0.3) is 0 Å². The molecule has 1 amide bonds. The van der Waals surface area contributed by atoms with Gasteiger partial charge in [-0.2, -0.15) is 0 Å². The summed E-state index contributed by atoms with van der Waals surface area (Å²) in [6.45, 7) is 1.82. The van der Waals surface area contributed by atoms with E-state index >= 15 is 0 Å². The number of nitrogens with one attached hydrogen (secondary N) is 1. The van der Waals surface area contributed by atoms with Gasteiger partial charge >= 0.3 is 11.9 Å². The van der Waals surface area contributed by atoms with Crippen LogP contribution in [0, 0.1) is 0 Å². The Labute approximate surface area is 128 Å². The van der Waals surface area contributed by atoms with Gasteiger partial charge in [-0.15, -0.1) is 0 Å². The second-order valence-corrected chi connectivity index (χ2v) is 4.16. The van der Waals surface area contributed by atoms with Gasteiger partial charge in [-0.1, -0.05) is 18.2 Å². The van der Waals surface area contributed by atoms with Gasteiger partial charge in [-0.05, 0) is 25.1 Å². The Kier molecular flexibility index (Phi) is 6.56. The second kappa shape index (κ2) is 8.41. The third kappa shape index (κ3) is 4.90. The summed E-state index contributed by atoms with van der Waals surface area (Å²) < 4.78 is 9.23. The molecule has 22 heavy (non-hydrogen) atoms. The number of rotatable bonds is 5. The molecule has 0 fully saturated rings. The summed E-state index contributed by atoms with van der Waals surface area (Å²) in [5.41, 5.74) is 0.565. The number of hydrogen-bond donors (Lipinski definition) is 1. The molecule has 0 saturated heterocycles. The van der Waals surface area contributed by atoms with E-state index in [0.29, 0.717) is 5.69 Å². The lowest BCUT2D eigenvalue weighted by atomic mass is 10.1. The van der Waals surface area contributed by atoms with Crippen LogP contribution >= 0.6 is 0 Å². The number of allylic oxidation sites excluding steroid dienone is 3. The Morgan fingerprint density at radius 2 is 1.50 bits per heavy atom. The van der Waals surface area contributed by atoms with Crippen molar-refractivity contribution in [2.75, 3.05) is 19.5 Å². The van der Waals surface area contributed by atoms with Gasteiger partial charge < -0.3 is 14.8 Å². The summed E-state index contributed by atoms with van der Waals surface area (Å²) in [4.78, 5) is 35.0. The highest BCUT2D eigenvalue weighted by atomic mass is 16.5. The molecule has 0 bridgehead atoms. The molecule has 0 aliphatic rings. The number of carbonyl (C=O) groups is 3. The van der Waals surface area contributed by atoms with Gasteiger partial charge in [0.15, 0.2) is 0 Å². The molecule has 0 aliphatic heterocycles. The van der Waals surface area contributed by atoms with Gasteiger partial charge in [0.05, 0.1) is 25.3 Å². The largest absolute Gasteiger partial charge is 0.465 e. The van der Waals surface area contributed by atoms with Crippen molar-refractivity contribution < 1.29 is 23.9 Å². The lowest BCUT2D eigenvalue weighted by molar-refractivity contribution is -0.111. The van der Waals surface area contributed by atoms with Crippen molar-refractivity contribution in [2.45, 2.75) is 6.92 Å². The lowest BCUT2D eigenvalue weighted by Gasteiger charge is -2.08. The van der Waals surface area contributed by atoms with E-state index in [9.17, 15) is 14.4 Å². The highest BCUT2D eigenvalue weighted by molar-refractivity contribution is 6.02. The Bertz CT molecular complexity index is 597. The monoisotopic (exact) mass is 303 g/mol. The van der Waals surface area contributed by atoms with Gasteiger partial charge in [-0.3, -0.25) is 4.79 Å². The van der Waals surface area contributed by atoms with Crippen LogP contribution in [-0.4, -0.2) is 32.1 Å². The summed E-state index contributed by atoms with van der Waals surface area (Å²) >= 11 is 0. The molecular formula is C16H17NO5. The number of ether oxygens (including phenoxy) is 2. The van der Waals surface area contributed by atoms with E-state index in [-0.39, 0.29) is 11.1 Å². The van der Waals surface area contributed by atoms with Crippen molar-refractivity contribution in [3.05, 3.63) is 53.6 Å². The van der Waals surface area contributed by atoms with Crippen LogP contribution in [0.4, 0.5) is 5.69 Å². The number of esters is 2. The first kappa shape index (κ1) is 17.2. The molecule has 0 aliphatic carbocycles. The van der Waals surface area contributed by atoms with Gasteiger partial charge in [0, 0.05) is 11.8 Å². The van der Waals surface area contributed by atoms with E-state index in [2.05, 4.69) is 14.8 Å². The lowest BCUT2D eigenvalue weighted by Crippen LogP contribution is -2.12. The van der Waals surface area contributed by atoms with Crippen molar-refractivity contribution in [1.82, 2.24) is 0 Å². The molecule has 1 N–H and O–H groups in total. The van der Waals surface area contributed by atoms with Gasteiger partial charge in [0.1, 0.15) is 0 Å². The average Bonchev–Trinajstić information content (AvgIpc) is 2.53. The first-order valence-corrected chi connectivity index (χ1v) is 6.44. The average molecular weight is 303 g/mol. The number of amides is 1. The number of methoxy groups -OCH3 is 2. The fourth-order valence-corrected chi connectivity index (χ4v) is 1.61. The zero-order valence-corrected chi connectivity index (χ0v) is 12.6. The standard InChI is InChI=1S/C16H17NO5/c1-4-5-6-7-14(18)17-13-9-11(15(19)21-2)8-12(10-13)16(20)22-3/h4-10H,1-3H3,(H,17,18). The van der Waals surface area contributed by atoms with E-state index in [1.54, 1.807) is 18.2 Å². The van der Waals surface area contributed by atoms with Crippen molar-refractivity contribution in [2.24, 2.45) is 0 Å². The zero-order valence-electron chi connectivity index (χ0n) is 12.6. The van der Waals surface area contributed by atoms with Crippen LogP contribution in [-0.2, 0) is 14.3 Å². The highest BCUT2D eigenvalue weighted by Gasteiger charge is 2.14. The molecule has 116 valence electrons. The topological polar surface area (TPSA) is 81.7 Å². The van der Waals surface area contributed by atoms with Crippen LogP contribution in [0.3, 0.4) is 0 Å². The fourth-order valence-electron chi connectivity index (χ4n) is 1.61. The quantitative estimate of drug-likeness (QED) is 0.513. The van der Waals surface area contributed by atoms with Crippen molar-refractivity contribution >= 4 is 23.5 Å². The summed E-state index contributed by atoms with van der Waals surface area (Å²) in [6.07, 6.45) is 6.37. The Balaban J connectivity index is 3.09. The maximum absolute atomic E-state index is 11.7. The molecular weight excluding hydrogens is 286 g/mol. The molecule has 1 aromatic rings. The molecule has 0 heterocycles. The highest BCUT2D eigenvalue weighted by Crippen LogP contribution is 2.17. The first-order valence-electron chi connectivity index (χ1n) is 6.44. The molecule has 6 nitrogen and oxygen atoms in total. The predicted octanol–water partition coefficient (Wildman–Crippen LogP) is 2.33. The molecule has 6 heteroatoms. The van der Waals surface area contributed by atoms with Crippen LogP contribution < -0.4 is 5.32 Å². The Hall–Kier alpha value is -2.89. The molecule has 0 unspecified atom stereocenters. The summed E-state index contributed by atoms with van der Waals surface area (Å²) in [5, 5.41) is 2.56. The van der Waals surface area contributed by atoms with Gasteiger partial charge in [-0.25, -0.2) is 9.59 Å². The summed E-state index contributed by atoms with van der Waals surface area (Å²) in [6, 6.07) is 4.17. The SMILES string of the molecule is CC=CC=CC(=O)Nc1cc(C(=O)OC)cc(C(=O)OC)c1. The van der Waals surface area contributed by atoms with E-state index in [0.717, 1.165) is 0 Å². The van der Waals surface area contributed by atoms with Crippen LogP contribution in [0.15, 0.2) is 42.5 Å². The maximum Gasteiger partial charge on any atom is 0.337 e. The molecule has 0 radical (unpaired) electrons. The molecule has 0 saturated carbocycles. The maximum atomic E-state index is 11.7. The number of hydrogen-bond acceptors (Lipinski definition) is 5. The Morgan fingerprint density at radius 1 is 0.955 bits per heavy atom. The number of carbonyl (C=O) groups excluding carboxylic acids is 3. The minimum Gasteiger partial charge on any atom is -0.465 e. The first-order chi connectivity index (χ1) is 10.5. The number of anilines is 1. The van der Waals surface area contributed by atoms with Crippen molar-refractivity contribution in [1.29, 1.82) is 0 Å². The molecule has 1 rings (SSSR count). The van der Waals surface area contributed by atoms with Crippen molar-refractivity contribution in [3.63, 3.8) is 0 Å². The summed E-state index contributed by atoms with van der Waals surface area (Å²) in [7, 11) is 2.45. The van der Waals surface area contributed by atoms with Crippen LogP contribution in [0.5, 0.6) is 0 Å². The number of benzene rings is 1. The predicted molar refractivity (Wildman–Crippen MR) is 81.7 cm³/mol. The molecule has 0 atom stereocenters. The van der Waals surface area contributed by atoms with Crippen LogP contribution in [0.2, 0.25) is 0 Å². The van der Waals surface area contributed by atoms with Crippen molar-refractivity contribution in [3.8, 4) is 0 Å². The minimum atomic E-state index is -0.620. The van der Waals surface area contributed by atoms with E-state index in [1.165, 1.54) is 38.5 Å². The molecule has 0 aromatic heterocycles. The van der Waals surface area contributed by atoms with E-state index in [1.807, 2.05) is 6.92 Å². The van der Waals surface area contributed by atoms with E-state index in [4.69, 9.17) is 0 Å². The fraction of sp³-hybridized carbons (Fsp3) is 0.188. The van der Waals surface area contributed by atoms with Gasteiger partial charge in [0.2, 0.25) is 5.91 Å². The van der Waals surface area contributed by atoms with Crippen LogP contribution in [0.1, 0.15) is 27.6 Å². The van der Waals surface area contributed by atoms with E-state index < -0.39 is 17.8 Å².